The first kappa shape index (κ1) is 25.6. The largest absolute Gasteiger partial charge is 0.370 e. The second kappa shape index (κ2) is 11.5. The fourth-order valence-electron chi connectivity index (χ4n) is 3.99. The monoisotopic (exact) mass is 522 g/mol. The predicted octanol–water partition coefficient (Wildman–Crippen LogP) is 3.37. The number of benzene rings is 1. The zero-order valence-electron chi connectivity index (χ0n) is 19.4. The number of morpholine rings is 1. The number of hydrogen-bond donors (Lipinski definition) is 2. The van der Waals surface area contributed by atoms with Crippen molar-refractivity contribution in [3.05, 3.63) is 45.4 Å². The van der Waals surface area contributed by atoms with Gasteiger partial charge >= 0.3 is 0 Å². The van der Waals surface area contributed by atoms with Crippen molar-refractivity contribution in [2.75, 3.05) is 49.6 Å². The first-order valence-electron chi connectivity index (χ1n) is 11.6. The molecule has 2 aromatic rings. The smallest absolute Gasteiger partial charge is 0.261 e. The lowest BCUT2D eigenvalue weighted by Crippen LogP contribution is -2.51. The second-order valence-corrected chi connectivity index (χ2v) is 10.3. The van der Waals surface area contributed by atoms with Crippen molar-refractivity contribution in [2.24, 2.45) is 5.92 Å². The van der Waals surface area contributed by atoms with Crippen LogP contribution < -0.4 is 15.5 Å². The fourth-order valence-corrected chi connectivity index (χ4v) is 4.95. The van der Waals surface area contributed by atoms with Crippen LogP contribution in [-0.4, -0.2) is 68.1 Å². The van der Waals surface area contributed by atoms with Crippen LogP contribution in [0.2, 0.25) is 4.34 Å². The summed E-state index contributed by atoms with van der Waals surface area (Å²) in [6.07, 6.45) is 2.22. The summed E-state index contributed by atoms with van der Waals surface area (Å²) >= 11 is 7.09. The highest BCUT2D eigenvalue weighted by atomic mass is 35.5. The van der Waals surface area contributed by atoms with E-state index in [4.69, 9.17) is 16.3 Å². The third-order valence-corrected chi connectivity index (χ3v) is 7.33. The quantitative estimate of drug-likeness (QED) is 0.499. The molecule has 35 heavy (non-hydrogen) atoms. The van der Waals surface area contributed by atoms with Gasteiger partial charge in [-0.2, -0.15) is 0 Å². The van der Waals surface area contributed by atoms with Gasteiger partial charge < -0.3 is 20.3 Å². The zero-order chi connectivity index (χ0) is 24.9. The Morgan fingerprint density at radius 2 is 2.11 bits per heavy atom. The van der Waals surface area contributed by atoms with Crippen LogP contribution >= 0.6 is 22.9 Å². The first-order valence-corrected chi connectivity index (χ1v) is 12.8. The SMILES string of the molecule is CCN(CC1CC1)[C@@H](CNC(=O)c1ccc(Cl)s1)C(=O)Nc1ccc(N2CCOCC2=O)cc1F. The van der Waals surface area contributed by atoms with Gasteiger partial charge in [-0.25, -0.2) is 4.39 Å². The van der Waals surface area contributed by atoms with Gasteiger partial charge in [0.25, 0.3) is 11.8 Å². The van der Waals surface area contributed by atoms with Crippen LogP contribution in [0.1, 0.15) is 29.4 Å². The number of halogens is 2. The molecule has 188 valence electrons. The molecule has 8 nitrogen and oxygen atoms in total. The van der Waals surface area contributed by atoms with Crippen molar-refractivity contribution in [3.63, 3.8) is 0 Å². The number of likely N-dealkylation sites (N-methyl/N-ethyl adjacent to an activating group) is 1. The van der Waals surface area contributed by atoms with E-state index < -0.39 is 17.8 Å². The van der Waals surface area contributed by atoms with E-state index in [0.717, 1.165) is 30.7 Å². The van der Waals surface area contributed by atoms with Gasteiger partial charge in [-0.3, -0.25) is 19.3 Å². The standard InChI is InChI=1S/C24H28ClFN4O4S/c1-2-29(13-15-3-4-15)19(12-27-24(33)20-7-8-21(25)35-20)23(32)28-18-6-5-16(11-17(18)26)30-9-10-34-14-22(30)31/h5-8,11,15,19H,2-4,9-10,12-14H2,1H3,(H,27,33)(H,28,32)/t19-/m0/s1. The number of thiophene rings is 1. The summed E-state index contributed by atoms with van der Waals surface area (Å²) < 4.78 is 20.5. The predicted molar refractivity (Wildman–Crippen MR) is 134 cm³/mol. The number of carbonyl (C=O) groups is 3. The molecule has 3 amide bonds. The highest BCUT2D eigenvalue weighted by Gasteiger charge is 2.32. The molecule has 0 spiro atoms. The highest BCUT2D eigenvalue weighted by molar-refractivity contribution is 7.18. The molecule has 1 saturated carbocycles. The van der Waals surface area contributed by atoms with E-state index in [1.54, 1.807) is 18.2 Å². The van der Waals surface area contributed by atoms with Crippen molar-refractivity contribution >= 4 is 52.0 Å². The minimum absolute atomic E-state index is 0.0169. The summed E-state index contributed by atoms with van der Waals surface area (Å²) in [6.45, 7) is 4.05. The first-order chi connectivity index (χ1) is 16.9. The van der Waals surface area contributed by atoms with Gasteiger partial charge in [0.1, 0.15) is 18.5 Å². The van der Waals surface area contributed by atoms with Gasteiger partial charge in [-0.05, 0) is 55.6 Å². The third kappa shape index (κ3) is 6.58. The number of nitrogens with zero attached hydrogens (tertiary/aromatic N) is 2. The Morgan fingerprint density at radius 1 is 1.31 bits per heavy atom. The van der Waals surface area contributed by atoms with Crippen LogP contribution in [0, 0.1) is 11.7 Å². The number of ether oxygens (including phenoxy) is 1. The summed E-state index contributed by atoms with van der Waals surface area (Å²) in [7, 11) is 0. The number of hydrogen-bond acceptors (Lipinski definition) is 6. The van der Waals surface area contributed by atoms with Crippen molar-refractivity contribution in [3.8, 4) is 0 Å². The molecule has 2 aliphatic rings. The van der Waals surface area contributed by atoms with Gasteiger partial charge in [0.2, 0.25) is 5.91 Å². The number of anilines is 2. The summed E-state index contributed by atoms with van der Waals surface area (Å²) in [6, 6.07) is 6.88. The summed E-state index contributed by atoms with van der Waals surface area (Å²) in [5.74, 6) is -1.08. The Hall–Kier alpha value is -2.53. The number of amides is 3. The number of rotatable bonds is 10. The normalized spacial score (nSPS) is 16.9. The maximum atomic E-state index is 14.9. The maximum Gasteiger partial charge on any atom is 0.261 e. The molecule has 11 heteroatoms. The minimum Gasteiger partial charge on any atom is -0.370 e. The third-order valence-electron chi connectivity index (χ3n) is 6.10. The molecule has 1 saturated heterocycles. The van der Waals surface area contributed by atoms with E-state index in [0.29, 0.717) is 40.5 Å². The highest BCUT2D eigenvalue weighted by Crippen LogP contribution is 2.30. The molecule has 4 rings (SSSR count). The Bertz CT molecular complexity index is 1090. The Kier molecular flexibility index (Phi) is 8.38. The molecule has 2 fully saturated rings. The maximum absolute atomic E-state index is 14.9. The van der Waals surface area contributed by atoms with Crippen LogP contribution in [-0.2, 0) is 14.3 Å². The van der Waals surface area contributed by atoms with Crippen molar-refractivity contribution in [1.82, 2.24) is 10.2 Å². The van der Waals surface area contributed by atoms with Crippen LogP contribution in [0.15, 0.2) is 30.3 Å². The van der Waals surface area contributed by atoms with Gasteiger partial charge in [0, 0.05) is 25.3 Å². The van der Waals surface area contributed by atoms with E-state index in [-0.39, 0.29) is 30.7 Å². The van der Waals surface area contributed by atoms with Gasteiger partial charge in [0.05, 0.1) is 21.5 Å². The summed E-state index contributed by atoms with van der Waals surface area (Å²) in [5, 5.41) is 5.49. The molecule has 1 aliphatic heterocycles. The lowest BCUT2D eigenvalue weighted by atomic mass is 10.1. The van der Waals surface area contributed by atoms with Crippen LogP contribution in [0.25, 0.3) is 0 Å². The zero-order valence-corrected chi connectivity index (χ0v) is 21.0. The van der Waals surface area contributed by atoms with Crippen molar-refractivity contribution < 1.29 is 23.5 Å². The molecule has 0 bridgehead atoms. The van der Waals surface area contributed by atoms with E-state index in [9.17, 15) is 18.8 Å². The van der Waals surface area contributed by atoms with Crippen LogP contribution in [0.3, 0.4) is 0 Å². The van der Waals surface area contributed by atoms with Gasteiger partial charge in [-0.15, -0.1) is 11.3 Å². The second-order valence-electron chi connectivity index (χ2n) is 8.61. The minimum atomic E-state index is -0.681. The van der Waals surface area contributed by atoms with Gasteiger partial charge in [0.15, 0.2) is 0 Å². The Balaban J connectivity index is 1.46. The van der Waals surface area contributed by atoms with E-state index in [1.165, 1.54) is 17.0 Å². The Labute approximate surface area is 212 Å². The molecule has 1 aromatic carbocycles. The molecule has 0 unspecified atom stereocenters. The fraction of sp³-hybridized carbons (Fsp3) is 0.458. The molecular weight excluding hydrogens is 495 g/mol. The van der Waals surface area contributed by atoms with Crippen molar-refractivity contribution in [2.45, 2.75) is 25.8 Å². The van der Waals surface area contributed by atoms with Crippen LogP contribution in [0.4, 0.5) is 15.8 Å². The number of carbonyl (C=O) groups excluding carboxylic acids is 3. The molecule has 0 radical (unpaired) electrons. The Morgan fingerprint density at radius 3 is 2.74 bits per heavy atom. The molecule has 1 atom stereocenters. The molecule has 1 aliphatic carbocycles. The molecular formula is C24H28ClFN4O4S. The average Bonchev–Trinajstić information content (AvgIpc) is 3.56. The lowest BCUT2D eigenvalue weighted by Gasteiger charge is -2.30. The molecule has 1 aromatic heterocycles. The molecule has 2 heterocycles. The molecule has 2 N–H and O–H groups in total. The lowest BCUT2D eigenvalue weighted by molar-refractivity contribution is -0.125. The van der Waals surface area contributed by atoms with Crippen LogP contribution in [0.5, 0.6) is 0 Å². The van der Waals surface area contributed by atoms with E-state index in [2.05, 4.69) is 10.6 Å². The van der Waals surface area contributed by atoms with Gasteiger partial charge in [-0.1, -0.05) is 18.5 Å². The van der Waals surface area contributed by atoms with Crippen molar-refractivity contribution in [1.29, 1.82) is 0 Å². The van der Waals surface area contributed by atoms with E-state index in [1.807, 2.05) is 11.8 Å². The number of nitrogens with one attached hydrogen (secondary N) is 2. The summed E-state index contributed by atoms with van der Waals surface area (Å²) in [4.78, 5) is 41.8. The topological polar surface area (TPSA) is 91.0 Å². The van der Waals surface area contributed by atoms with E-state index >= 15 is 0 Å². The average molecular weight is 523 g/mol. The summed E-state index contributed by atoms with van der Waals surface area (Å²) in [5.41, 5.74) is 0.430.